The second kappa shape index (κ2) is 5.03. The molecular formula is C8H16N2. The summed E-state index contributed by atoms with van der Waals surface area (Å²) in [4.78, 5) is 6.75. The number of hydrogen-bond acceptors (Lipinski definition) is 1. The highest BCUT2D eigenvalue weighted by Crippen LogP contribution is 1.81. The normalized spacial score (nSPS) is 8.90. The number of hydrogen-bond donors (Lipinski definition) is 1. The molecular weight excluding hydrogens is 124 g/mol. The maximum Gasteiger partial charge on any atom is 0.102 e. The van der Waals surface area contributed by atoms with E-state index in [1.54, 1.807) is 12.4 Å². The molecule has 1 aromatic rings. The summed E-state index contributed by atoms with van der Waals surface area (Å²) < 4.78 is 0. The maximum absolute atomic E-state index is 3.86. The van der Waals surface area contributed by atoms with Crippen LogP contribution in [0.3, 0.4) is 0 Å². The van der Waals surface area contributed by atoms with Crippen molar-refractivity contribution in [2.24, 2.45) is 5.92 Å². The zero-order valence-corrected chi connectivity index (χ0v) is 7.18. The predicted octanol–water partition coefficient (Wildman–Crippen LogP) is 2.38. The Labute approximate surface area is 62.7 Å². The third-order valence-corrected chi connectivity index (χ3v) is 0.635. The Bertz CT molecular complexity index is 140. The monoisotopic (exact) mass is 140 g/mol. The second-order valence-corrected chi connectivity index (χ2v) is 2.91. The zero-order valence-electron chi connectivity index (χ0n) is 7.18. The molecule has 0 radical (unpaired) electrons. The fourth-order valence-electron chi connectivity index (χ4n) is 0.344. The lowest BCUT2D eigenvalue weighted by atomic mass is 10.3. The van der Waals surface area contributed by atoms with Crippen molar-refractivity contribution in [2.45, 2.75) is 27.7 Å². The van der Waals surface area contributed by atoms with Crippen molar-refractivity contribution in [2.75, 3.05) is 0 Å². The maximum atomic E-state index is 3.86. The molecule has 1 N–H and O–H groups in total. The van der Waals surface area contributed by atoms with Crippen LogP contribution >= 0.6 is 0 Å². The fraction of sp³-hybridized carbons (Fsp3) is 0.625. The SMILES string of the molecule is CC(C)C.Cc1ncc[nH]1. The fourth-order valence-corrected chi connectivity index (χ4v) is 0.344. The van der Waals surface area contributed by atoms with Gasteiger partial charge in [0.2, 0.25) is 0 Å². The molecule has 0 saturated heterocycles. The Kier molecular flexibility index (Phi) is 4.63. The Morgan fingerprint density at radius 2 is 1.90 bits per heavy atom. The molecule has 0 spiro atoms. The molecule has 0 aliphatic heterocycles. The minimum absolute atomic E-state index is 0.833. The number of aromatic nitrogens is 2. The van der Waals surface area contributed by atoms with E-state index < -0.39 is 0 Å². The van der Waals surface area contributed by atoms with Crippen LogP contribution < -0.4 is 0 Å². The van der Waals surface area contributed by atoms with Crippen LogP contribution in [-0.2, 0) is 0 Å². The first kappa shape index (κ1) is 9.21. The molecule has 0 fully saturated rings. The van der Waals surface area contributed by atoms with Crippen molar-refractivity contribution in [3.63, 3.8) is 0 Å². The smallest absolute Gasteiger partial charge is 0.102 e. The molecule has 1 aromatic heterocycles. The molecule has 2 heteroatoms. The third kappa shape index (κ3) is 7.21. The number of nitrogens with zero attached hydrogens (tertiary/aromatic N) is 1. The molecule has 2 nitrogen and oxygen atoms in total. The summed E-state index contributed by atoms with van der Waals surface area (Å²) in [6.45, 7) is 8.42. The van der Waals surface area contributed by atoms with Gasteiger partial charge in [-0.15, -0.1) is 0 Å². The van der Waals surface area contributed by atoms with Crippen molar-refractivity contribution in [3.05, 3.63) is 18.2 Å². The number of H-pyrrole nitrogens is 1. The summed E-state index contributed by atoms with van der Waals surface area (Å²) in [6.07, 6.45) is 3.53. The summed E-state index contributed by atoms with van der Waals surface area (Å²) >= 11 is 0. The van der Waals surface area contributed by atoms with Crippen molar-refractivity contribution in [1.29, 1.82) is 0 Å². The molecule has 0 aromatic carbocycles. The molecule has 0 aliphatic carbocycles. The van der Waals surface area contributed by atoms with Gasteiger partial charge in [0.15, 0.2) is 0 Å². The van der Waals surface area contributed by atoms with E-state index in [9.17, 15) is 0 Å². The highest BCUT2D eigenvalue weighted by atomic mass is 14.9. The molecule has 0 atom stereocenters. The topological polar surface area (TPSA) is 28.7 Å². The van der Waals surface area contributed by atoms with Crippen LogP contribution in [0.4, 0.5) is 0 Å². The van der Waals surface area contributed by atoms with Crippen LogP contribution in [0, 0.1) is 12.8 Å². The second-order valence-electron chi connectivity index (χ2n) is 2.91. The van der Waals surface area contributed by atoms with E-state index in [0.717, 1.165) is 11.7 Å². The first-order chi connectivity index (χ1) is 4.63. The third-order valence-electron chi connectivity index (χ3n) is 0.635. The van der Waals surface area contributed by atoms with Gasteiger partial charge in [0, 0.05) is 12.4 Å². The van der Waals surface area contributed by atoms with Crippen molar-refractivity contribution in [3.8, 4) is 0 Å². The number of aryl methyl sites for hydroxylation is 1. The predicted molar refractivity (Wildman–Crippen MR) is 43.8 cm³/mol. The lowest BCUT2D eigenvalue weighted by Gasteiger charge is -1.79. The van der Waals surface area contributed by atoms with E-state index in [1.165, 1.54) is 0 Å². The molecule has 1 heterocycles. The first-order valence-corrected chi connectivity index (χ1v) is 3.59. The van der Waals surface area contributed by atoms with Gasteiger partial charge in [-0.3, -0.25) is 0 Å². The first-order valence-electron chi connectivity index (χ1n) is 3.59. The molecule has 0 amide bonds. The van der Waals surface area contributed by atoms with Crippen LogP contribution in [0.15, 0.2) is 12.4 Å². The summed E-state index contributed by atoms with van der Waals surface area (Å²) in [7, 11) is 0. The summed E-state index contributed by atoms with van der Waals surface area (Å²) in [5.74, 6) is 1.80. The number of imidazole rings is 1. The molecule has 0 bridgehead atoms. The Hall–Kier alpha value is -0.790. The highest BCUT2D eigenvalue weighted by molar-refractivity contribution is 4.80. The van der Waals surface area contributed by atoms with E-state index >= 15 is 0 Å². The van der Waals surface area contributed by atoms with Gasteiger partial charge in [0.25, 0.3) is 0 Å². The van der Waals surface area contributed by atoms with Gasteiger partial charge in [-0.05, 0) is 12.8 Å². The highest BCUT2D eigenvalue weighted by Gasteiger charge is 1.73. The molecule has 1 rings (SSSR count). The average molecular weight is 140 g/mol. The molecule has 10 heavy (non-hydrogen) atoms. The Balaban J connectivity index is 0.000000180. The van der Waals surface area contributed by atoms with Crippen LogP contribution in [0.25, 0.3) is 0 Å². The summed E-state index contributed by atoms with van der Waals surface area (Å²) in [5.41, 5.74) is 0. The van der Waals surface area contributed by atoms with Crippen LogP contribution in [0.2, 0.25) is 0 Å². The standard InChI is InChI=1S/C4H6N2.C4H10/c1-4-5-2-3-6-4;1-4(2)3/h2-3H,1H3,(H,5,6);4H,1-3H3. The zero-order chi connectivity index (χ0) is 7.98. The summed E-state index contributed by atoms with van der Waals surface area (Å²) in [5, 5.41) is 0. The van der Waals surface area contributed by atoms with Crippen LogP contribution in [-0.4, -0.2) is 9.97 Å². The van der Waals surface area contributed by atoms with Crippen molar-refractivity contribution < 1.29 is 0 Å². The number of nitrogens with one attached hydrogen (secondary N) is 1. The van der Waals surface area contributed by atoms with E-state index in [2.05, 4.69) is 30.7 Å². The number of aromatic amines is 1. The minimum Gasteiger partial charge on any atom is -0.349 e. The number of rotatable bonds is 0. The van der Waals surface area contributed by atoms with Gasteiger partial charge < -0.3 is 4.98 Å². The van der Waals surface area contributed by atoms with Crippen molar-refractivity contribution in [1.82, 2.24) is 9.97 Å². The Morgan fingerprint density at radius 1 is 1.40 bits per heavy atom. The average Bonchev–Trinajstić information content (AvgIpc) is 2.15. The van der Waals surface area contributed by atoms with Gasteiger partial charge in [0.1, 0.15) is 5.82 Å². The van der Waals surface area contributed by atoms with Gasteiger partial charge in [0.05, 0.1) is 0 Å². The van der Waals surface area contributed by atoms with Crippen molar-refractivity contribution >= 4 is 0 Å². The largest absolute Gasteiger partial charge is 0.349 e. The van der Waals surface area contributed by atoms with E-state index in [0.29, 0.717) is 0 Å². The van der Waals surface area contributed by atoms with Gasteiger partial charge in [-0.2, -0.15) is 0 Å². The lowest BCUT2D eigenvalue weighted by molar-refractivity contribution is 0.737. The Morgan fingerprint density at radius 3 is 2.00 bits per heavy atom. The lowest BCUT2D eigenvalue weighted by Crippen LogP contribution is -1.66. The van der Waals surface area contributed by atoms with Gasteiger partial charge in [-0.1, -0.05) is 20.8 Å². The van der Waals surface area contributed by atoms with Crippen LogP contribution in [0.1, 0.15) is 26.6 Å². The van der Waals surface area contributed by atoms with Gasteiger partial charge >= 0.3 is 0 Å². The van der Waals surface area contributed by atoms with Crippen LogP contribution in [0.5, 0.6) is 0 Å². The molecule has 0 saturated carbocycles. The summed E-state index contributed by atoms with van der Waals surface area (Å²) in [6, 6.07) is 0. The molecule has 58 valence electrons. The molecule has 0 unspecified atom stereocenters. The molecule has 0 aliphatic rings. The quantitative estimate of drug-likeness (QED) is 0.589. The minimum atomic E-state index is 0.833. The van der Waals surface area contributed by atoms with Gasteiger partial charge in [-0.25, -0.2) is 4.98 Å². The van der Waals surface area contributed by atoms with E-state index in [-0.39, 0.29) is 0 Å². The van der Waals surface area contributed by atoms with E-state index in [4.69, 9.17) is 0 Å². The van der Waals surface area contributed by atoms with E-state index in [1.807, 2.05) is 6.92 Å².